The van der Waals surface area contributed by atoms with Gasteiger partial charge in [-0.2, -0.15) is 0 Å². The van der Waals surface area contributed by atoms with Crippen molar-refractivity contribution in [3.05, 3.63) is 59.0 Å². The number of hydrogen-bond donors (Lipinski definition) is 2. The van der Waals surface area contributed by atoms with Crippen molar-refractivity contribution >= 4 is 22.8 Å². The molecular formula is C28H31FN4O5. The Balaban J connectivity index is 1.33. The summed E-state index contributed by atoms with van der Waals surface area (Å²) in [5, 5.41) is 10.8. The van der Waals surface area contributed by atoms with Gasteiger partial charge in [0.2, 0.25) is 0 Å². The molecule has 2 atom stereocenters. The Morgan fingerprint density at radius 2 is 1.97 bits per heavy atom. The predicted octanol–water partition coefficient (Wildman–Crippen LogP) is 3.22. The van der Waals surface area contributed by atoms with Gasteiger partial charge in [0.15, 0.2) is 11.6 Å². The number of nitrogens with one attached hydrogen (secondary N) is 1. The van der Waals surface area contributed by atoms with Gasteiger partial charge < -0.3 is 24.5 Å². The van der Waals surface area contributed by atoms with E-state index in [4.69, 9.17) is 9.47 Å². The fourth-order valence-electron chi connectivity index (χ4n) is 6.06. The minimum atomic E-state index is -0.643. The fourth-order valence-corrected chi connectivity index (χ4v) is 6.06. The molecule has 0 saturated carbocycles. The molecule has 38 heavy (non-hydrogen) atoms. The van der Waals surface area contributed by atoms with Crippen LogP contribution < -0.4 is 4.74 Å². The number of hydrogen-bond acceptors (Lipinski definition) is 6. The minimum absolute atomic E-state index is 0.129. The lowest BCUT2D eigenvalue weighted by atomic mass is 9.89. The Morgan fingerprint density at radius 1 is 1.16 bits per heavy atom. The van der Waals surface area contributed by atoms with Gasteiger partial charge in [-0.05, 0) is 42.2 Å². The summed E-state index contributed by atoms with van der Waals surface area (Å²) in [6.07, 6.45) is 1.43. The first-order chi connectivity index (χ1) is 18.4. The first kappa shape index (κ1) is 24.7. The maximum absolute atomic E-state index is 14.5. The van der Waals surface area contributed by atoms with E-state index in [9.17, 15) is 19.1 Å². The van der Waals surface area contributed by atoms with Gasteiger partial charge in [-0.1, -0.05) is 12.1 Å². The van der Waals surface area contributed by atoms with Crippen molar-refractivity contribution < 1.29 is 28.6 Å². The van der Waals surface area contributed by atoms with E-state index in [0.717, 1.165) is 41.8 Å². The van der Waals surface area contributed by atoms with Crippen molar-refractivity contribution in [3.63, 3.8) is 0 Å². The Labute approximate surface area is 219 Å². The van der Waals surface area contributed by atoms with Gasteiger partial charge in [-0.3, -0.25) is 14.6 Å². The van der Waals surface area contributed by atoms with E-state index in [1.807, 2.05) is 6.07 Å². The number of aromatic nitrogens is 1. The van der Waals surface area contributed by atoms with Crippen LogP contribution in [0.1, 0.15) is 29.3 Å². The second-order valence-electron chi connectivity index (χ2n) is 10.1. The van der Waals surface area contributed by atoms with Crippen molar-refractivity contribution in [2.24, 2.45) is 0 Å². The average Bonchev–Trinajstić information content (AvgIpc) is 3.38. The Kier molecular flexibility index (Phi) is 6.45. The van der Waals surface area contributed by atoms with E-state index >= 15 is 0 Å². The molecule has 2 saturated heterocycles. The van der Waals surface area contributed by atoms with Crippen LogP contribution in [-0.2, 0) is 22.4 Å². The number of imide groups is 1. The molecule has 0 radical (unpaired) electrons. The number of methoxy groups -OCH3 is 1. The van der Waals surface area contributed by atoms with Crippen molar-refractivity contribution in [2.75, 3.05) is 46.5 Å². The molecule has 2 aromatic carbocycles. The van der Waals surface area contributed by atoms with E-state index in [-0.39, 0.29) is 23.4 Å². The highest BCUT2D eigenvalue weighted by molar-refractivity contribution is 6.05. The normalized spacial score (nSPS) is 21.7. The first-order valence-corrected chi connectivity index (χ1v) is 13.0. The highest BCUT2D eigenvalue weighted by Gasteiger charge is 2.51. The molecule has 0 bridgehead atoms. The van der Waals surface area contributed by atoms with Gasteiger partial charge in [0, 0.05) is 55.3 Å². The highest BCUT2D eigenvalue weighted by Crippen LogP contribution is 2.43. The molecular weight excluding hydrogens is 491 g/mol. The van der Waals surface area contributed by atoms with Crippen LogP contribution in [-0.4, -0.2) is 89.3 Å². The number of H-pyrrole nitrogens is 1. The number of halogens is 1. The number of benzene rings is 2. The molecule has 0 aliphatic carbocycles. The smallest absolute Gasteiger partial charge is 0.328 e. The molecule has 9 nitrogen and oxygen atoms in total. The number of nitrogens with zero attached hydrogens (tertiary/aromatic N) is 3. The van der Waals surface area contributed by atoms with Gasteiger partial charge in [0.25, 0.3) is 5.91 Å². The number of morpholine rings is 1. The number of aromatic hydroxyl groups is 1. The van der Waals surface area contributed by atoms with Gasteiger partial charge in [-0.15, -0.1) is 0 Å². The third-order valence-electron chi connectivity index (χ3n) is 7.92. The Morgan fingerprint density at radius 3 is 2.74 bits per heavy atom. The van der Waals surface area contributed by atoms with Crippen molar-refractivity contribution in [2.45, 2.75) is 31.3 Å². The first-order valence-electron chi connectivity index (χ1n) is 13.0. The van der Waals surface area contributed by atoms with E-state index < -0.39 is 17.9 Å². The lowest BCUT2D eigenvalue weighted by Gasteiger charge is -2.36. The summed E-state index contributed by atoms with van der Waals surface area (Å²) in [5.74, 6) is -0.425. The second kappa shape index (κ2) is 9.92. The van der Waals surface area contributed by atoms with Gasteiger partial charge >= 0.3 is 6.03 Å². The topological polar surface area (TPSA) is 98.3 Å². The molecule has 2 fully saturated rings. The predicted molar refractivity (Wildman–Crippen MR) is 138 cm³/mol. The number of ether oxygens (including phenoxy) is 2. The third-order valence-corrected chi connectivity index (χ3v) is 7.92. The van der Waals surface area contributed by atoms with Crippen LogP contribution in [0.25, 0.3) is 10.9 Å². The summed E-state index contributed by atoms with van der Waals surface area (Å²) in [5.41, 5.74) is 3.09. The minimum Gasteiger partial charge on any atom is -0.508 e. The lowest BCUT2D eigenvalue weighted by molar-refractivity contribution is -0.128. The molecule has 0 spiro atoms. The van der Waals surface area contributed by atoms with Crippen LogP contribution in [0.5, 0.6) is 11.5 Å². The number of carbonyl (C=O) groups excluding carboxylic acids is 2. The average molecular weight is 523 g/mol. The number of aromatic amines is 1. The number of phenolic OH excluding ortho intramolecular Hbond substituents is 1. The van der Waals surface area contributed by atoms with E-state index in [1.165, 1.54) is 18.1 Å². The zero-order chi connectivity index (χ0) is 26.4. The summed E-state index contributed by atoms with van der Waals surface area (Å²) < 4.78 is 25.1. The quantitative estimate of drug-likeness (QED) is 0.463. The molecule has 1 aromatic heterocycles. The zero-order valence-corrected chi connectivity index (χ0v) is 21.3. The molecule has 2 N–H and O–H groups in total. The molecule has 3 aliphatic heterocycles. The molecule has 1 unspecified atom stereocenters. The van der Waals surface area contributed by atoms with Crippen LogP contribution in [0.4, 0.5) is 9.18 Å². The number of carbonyl (C=O) groups is 2. The van der Waals surface area contributed by atoms with Crippen LogP contribution in [0.3, 0.4) is 0 Å². The Hall–Kier alpha value is -3.63. The van der Waals surface area contributed by atoms with Crippen molar-refractivity contribution in [3.8, 4) is 11.5 Å². The summed E-state index contributed by atoms with van der Waals surface area (Å²) >= 11 is 0. The molecule has 3 aromatic rings. The van der Waals surface area contributed by atoms with Crippen LogP contribution in [0.2, 0.25) is 0 Å². The summed E-state index contributed by atoms with van der Waals surface area (Å²) in [6, 6.07) is 8.52. The van der Waals surface area contributed by atoms with E-state index in [2.05, 4.69) is 9.88 Å². The molecule has 3 amide bonds. The summed E-state index contributed by atoms with van der Waals surface area (Å²) in [4.78, 5) is 36.0. The molecule has 6 rings (SSSR count). The zero-order valence-electron chi connectivity index (χ0n) is 21.3. The Bertz CT molecular complexity index is 1390. The third kappa shape index (κ3) is 4.27. The second-order valence-corrected chi connectivity index (χ2v) is 10.1. The standard InChI is InChI=1S/C28H31FN4O5/c1-37-25-15-19-20-14-24-27(35)32(7-3-6-31-8-10-38-11-9-31)28(36)33(24)23(13-17-4-2-5-18(34)12-17)26(20)30-22(19)16-21(25)29/h2,4-5,12,15-16,23-24,30,34H,3,6-11,13-14H2,1H3/t23?,24-/m0/s1. The van der Waals surface area contributed by atoms with E-state index in [1.54, 1.807) is 29.2 Å². The van der Waals surface area contributed by atoms with Crippen molar-refractivity contribution in [1.82, 2.24) is 19.7 Å². The van der Waals surface area contributed by atoms with Crippen LogP contribution in [0.15, 0.2) is 36.4 Å². The summed E-state index contributed by atoms with van der Waals surface area (Å²) in [6.45, 7) is 4.27. The maximum Gasteiger partial charge on any atom is 0.328 e. The van der Waals surface area contributed by atoms with Crippen molar-refractivity contribution in [1.29, 1.82) is 0 Å². The van der Waals surface area contributed by atoms with Gasteiger partial charge in [0.05, 0.1) is 26.4 Å². The maximum atomic E-state index is 14.5. The van der Waals surface area contributed by atoms with E-state index in [0.29, 0.717) is 44.5 Å². The number of fused-ring (bicyclic) bond motifs is 4. The monoisotopic (exact) mass is 522 g/mol. The van der Waals surface area contributed by atoms with Gasteiger partial charge in [-0.25, -0.2) is 9.18 Å². The SMILES string of the molecule is COc1cc2c3c([nH]c2cc1F)C(Cc1cccc(O)c1)N1C(=O)N(CCCN2CCOCC2)C(=O)[C@@H]1C3. The highest BCUT2D eigenvalue weighted by atomic mass is 19.1. The van der Waals surface area contributed by atoms with Gasteiger partial charge in [0.1, 0.15) is 11.8 Å². The molecule has 4 heterocycles. The lowest BCUT2D eigenvalue weighted by Crippen LogP contribution is -2.44. The fraction of sp³-hybridized carbons (Fsp3) is 0.429. The number of phenols is 1. The largest absolute Gasteiger partial charge is 0.508 e. The number of urea groups is 1. The number of amides is 3. The molecule has 200 valence electrons. The molecule has 10 heteroatoms. The molecule has 3 aliphatic rings. The summed E-state index contributed by atoms with van der Waals surface area (Å²) in [7, 11) is 1.42. The number of rotatable bonds is 7. The van der Waals surface area contributed by atoms with Crippen LogP contribution >= 0.6 is 0 Å². The van der Waals surface area contributed by atoms with Crippen LogP contribution in [0, 0.1) is 5.82 Å².